The van der Waals surface area contributed by atoms with Gasteiger partial charge in [0.05, 0.1) is 11.2 Å². The van der Waals surface area contributed by atoms with E-state index in [2.05, 4.69) is 32.7 Å². The number of pyridine rings is 1. The van der Waals surface area contributed by atoms with Gasteiger partial charge in [-0.3, -0.25) is 0 Å². The Bertz CT molecular complexity index is 470. The molecule has 0 radical (unpaired) electrons. The summed E-state index contributed by atoms with van der Waals surface area (Å²) in [7, 11) is 3.63. The molecule has 2 rings (SSSR count). The molecule has 0 atom stereocenters. The number of aryl methyl sites for hydroxylation is 1. The zero-order chi connectivity index (χ0) is 14.4. The van der Waals surface area contributed by atoms with Crippen molar-refractivity contribution in [3.63, 3.8) is 0 Å². The van der Waals surface area contributed by atoms with Crippen molar-refractivity contribution in [2.45, 2.75) is 45.8 Å². The van der Waals surface area contributed by atoms with Gasteiger partial charge in [-0.05, 0) is 40.7 Å². The minimum atomic E-state index is -0.339. The van der Waals surface area contributed by atoms with E-state index in [0.29, 0.717) is 0 Å². The Labute approximate surface area is 116 Å². The van der Waals surface area contributed by atoms with Crippen molar-refractivity contribution < 1.29 is 9.31 Å². The van der Waals surface area contributed by atoms with Gasteiger partial charge in [0.1, 0.15) is 5.82 Å². The molecule has 1 fully saturated rings. The summed E-state index contributed by atoms with van der Waals surface area (Å²) in [4.78, 5) is 6.57. The van der Waals surface area contributed by atoms with E-state index in [-0.39, 0.29) is 18.3 Å². The number of hydrogen-bond acceptors (Lipinski definition) is 4. The van der Waals surface area contributed by atoms with Crippen LogP contribution in [0.15, 0.2) is 12.1 Å². The SMILES string of the molecule is Cc1nc(N(C)C)ccc1B1OC(C)(C)C(C)(C)O1. The van der Waals surface area contributed by atoms with E-state index in [9.17, 15) is 0 Å². The third-order valence-corrected chi connectivity index (χ3v) is 4.08. The Morgan fingerprint density at radius 2 is 1.58 bits per heavy atom. The Hall–Kier alpha value is -1.07. The topological polar surface area (TPSA) is 34.6 Å². The van der Waals surface area contributed by atoms with E-state index in [0.717, 1.165) is 17.0 Å². The van der Waals surface area contributed by atoms with Crippen LogP contribution in [0.5, 0.6) is 0 Å². The first kappa shape index (κ1) is 14.3. The monoisotopic (exact) mass is 262 g/mol. The van der Waals surface area contributed by atoms with E-state index in [1.54, 1.807) is 0 Å². The summed E-state index contributed by atoms with van der Waals surface area (Å²) < 4.78 is 12.1. The lowest BCUT2D eigenvalue weighted by Gasteiger charge is -2.32. The third kappa shape index (κ3) is 2.49. The molecule has 0 aromatic carbocycles. The Kier molecular flexibility index (Phi) is 3.39. The summed E-state index contributed by atoms with van der Waals surface area (Å²) in [6, 6.07) is 4.03. The number of aromatic nitrogens is 1. The average Bonchev–Trinajstić information content (AvgIpc) is 2.47. The quantitative estimate of drug-likeness (QED) is 0.760. The predicted molar refractivity (Wildman–Crippen MR) is 79.0 cm³/mol. The first-order valence-electron chi connectivity index (χ1n) is 6.64. The van der Waals surface area contributed by atoms with Crippen LogP contribution in [0.2, 0.25) is 0 Å². The van der Waals surface area contributed by atoms with Gasteiger partial charge in [0, 0.05) is 25.3 Å². The Balaban J connectivity index is 2.30. The van der Waals surface area contributed by atoms with Crippen molar-refractivity contribution >= 4 is 18.4 Å². The van der Waals surface area contributed by atoms with E-state index >= 15 is 0 Å². The molecule has 1 aliphatic heterocycles. The second-order valence-electron chi connectivity index (χ2n) is 6.33. The predicted octanol–water partition coefficient (Wildman–Crippen LogP) is 1.76. The fourth-order valence-electron chi connectivity index (χ4n) is 2.03. The molecular weight excluding hydrogens is 239 g/mol. The molecule has 0 spiro atoms. The Morgan fingerprint density at radius 3 is 2.00 bits per heavy atom. The highest BCUT2D eigenvalue weighted by atomic mass is 16.7. The van der Waals surface area contributed by atoms with Crippen LogP contribution in [0.25, 0.3) is 0 Å². The molecule has 0 saturated carbocycles. The van der Waals surface area contributed by atoms with E-state index in [4.69, 9.17) is 9.31 Å². The average molecular weight is 262 g/mol. The molecule has 1 saturated heterocycles. The zero-order valence-electron chi connectivity index (χ0n) is 12.9. The van der Waals surface area contributed by atoms with Crippen LogP contribution in [-0.4, -0.2) is 37.4 Å². The van der Waals surface area contributed by atoms with Gasteiger partial charge in [-0.1, -0.05) is 6.07 Å². The zero-order valence-corrected chi connectivity index (χ0v) is 12.9. The van der Waals surface area contributed by atoms with Crippen LogP contribution >= 0.6 is 0 Å². The molecule has 1 aromatic rings. The van der Waals surface area contributed by atoms with Gasteiger partial charge in [0.25, 0.3) is 0 Å². The minimum Gasteiger partial charge on any atom is -0.399 e. The highest BCUT2D eigenvalue weighted by Gasteiger charge is 2.52. The van der Waals surface area contributed by atoms with Crippen molar-refractivity contribution in [3.8, 4) is 0 Å². The standard InChI is InChI=1S/C14H23BN2O2/c1-10-11(8-9-12(16-10)17(6)7)15-18-13(2,3)14(4,5)19-15/h8-9H,1-7H3. The second kappa shape index (κ2) is 4.49. The molecule has 1 aromatic heterocycles. The third-order valence-electron chi connectivity index (χ3n) is 4.08. The van der Waals surface area contributed by atoms with Gasteiger partial charge >= 0.3 is 7.12 Å². The van der Waals surface area contributed by atoms with Gasteiger partial charge < -0.3 is 14.2 Å². The second-order valence-corrected chi connectivity index (χ2v) is 6.33. The van der Waals surface area contributed by atoms with E-state index < -0.39 is 0 Å². The fourth-order valence-corrected chi connectivity index (χ4v) is 2.03. The summed E-state index contributed by atoms with van der Waals surface area (Å²) in [5, 5.41) is 0. The molecular formula is C14H23BN2O2. The maximum Gasteiger partial charge on any atom is 0.496 e. The van der Waals surface area contributed by atoms with Crippen molar-refractivity contribution in [2.24, 2.45) is 0 Å². The van der Waals surface area contributed by atoms with E-state index in [1.165, 1.54) is 0 Å². The first-order chi connectivity index (χ1) is 8.64. The molecule has 19 heavy (non-hydrogen) atoms. The summed E-state index contributed by atoms with van der Waals surface area (Å²) in [5.41, 5.74) is 1.32. The van der Waals surface area contributed by atoms with Crippen LogP contribution < -0.4 is 10.4 Å². The van der Waals surface area contributed by atoms with Crippen molar-refractivity contribution in [1.29, 1.82) is 0 Å². The van der Waals surface area contributed by atoms with Crippen LogP contribution in [0, 0.1) is 6.92 Å². The molecule has 1 aliphatic rings. The molecule has 2 heterocycles. The largest absolute Gasteiger partial charge is 0.496 e. The summed E-state index contributed by atoms with van der Waals surface area (Å²) in [6.45, 7) is 10.2. The van der Waals surface area contributed by atoms with Crippen LogP contribution in [-0.2, 0) is 9.31 Å². The lowest BCUT2D eigenvalue weighted by Crippen LogP contribution is -2.41. The number of rotatable bonds is 2. The highest BCUT2D eigenvalue weighted by molar-refractivity contribution is 6.62. The smallest absolute Gasteiger partial charge is 0.399 e. The van der Waals surface area contributed by atoms with Crippen LogP contribution in [0.4, 0.5) is 5.82 Å². The molecule has 5 heteroatoms. The molecule has 0 unspecified atom stereocenters. The molecule has 0 bridgehead atoms. The molecule has 104 valence electrons. The number of anilines is 1. The minimum absolute atomic E-state index is 0.315. The maximum absolute atomic E-state index is 6.06. The van der Waals surface area contributed by atoms with Gasteiger partial charge in [-0.2, -0.15) is 0 Å². The van der Waals surface area contributed by atoms with Gasteiger partial charge in [-0.15, -0.1) is 0 Å². The number of nitrogens with zero attached hydrogens (tertiary/aromatic N) is 2. The van der Waals surface area contributed by atoms with Gasteiger partial charge in [-0.25, -0.2) is 4.98 Å². The highest BCUT2D eigenvalue weighted by Crippen LogP contribution is 2.36. The Morgan fingerprint density at radius 1 is 1.05 bits per heavy atom. The number of hydrogen-bond donors (Lipinski definition) is 0. The molecule has 0 aliphatic carbocycles. The first-order valence-corrected chi connectivity index (χ1v) is 6.64. The summed E-state index contributed by atoms with van der Waals surface area (Å²) in [6.07, 6.45) is 0. The molecule has 0 N–H and O–H groups in total. The summed E-state index contributed by atoms with van der Waals surface area (Å²) in [5.74, 6) is 0.942. The van der Waals surface area contributed by atoms with Crippen LogP contribution in [0.1, 0.15) is 33.4 Å². The van der Waals surface area contributed by atoms with Gasteiger partial charge in [0.15, 0.2) is 0 Å². The fraction of sp³-hybridized carbons (Fsp3) is 0.643. The van der Waals surface area contributed by atoms with Crippen molar-refractivity contribution in [2.75, 3.05) is 19.0 Å². The van der Waals surface area contributed by atoms with Crippen molar-refractivity contribution in [1.82, 2.24) is 4.98 Å². The van der Waals surface area contributed by atoms with Gasteiger partial charge in [0.2, 0.25) is 0 Å². The van der Waals surface area contributed by atoms with Crippen LogP contribution in [0.3, 0.4) is 0 Å². The lowest BCUT2D eigenvalue weighted by molar-refractivity contribution is 0.00578. The molecule has 4 nitrogen and oxygen atoms in total. The van der Waals surface area contributed by atoms with E-state index in [1.807, 2.05) is 38.1 Å². The maximum atomic E-state index is 6.06. The molecule has 0 amide bonds. The summed E-state index contributed by atoms with van der Waals surface area (Å²) >= 11 is 0. The van der Waals surface area contributed by atoms with Crippen molar-refractivity contribution in [3.05, 3.63) is 17.8 Å². The lowest BCUT2D eigenvalue weighted by atomic mass is 9.78. The normalized spacial score (nSPS) is 20.7.